The van der Waals surface area contributed by atoms with E-state index in [0.717, 1.165) is 37.6 Å². The highest BCUT2D eigenvalue weighted by molar-refractivity contribution is 5.85. The molecule has 0 aromatic rings. The van der Waals surface area contributed by atoms with Crippen molar-refractivity contribution < 1.29 is 9.53 Å². The standard InChI is InChI=1S/C16H29NO2.ClH/c1-3-12(2)8-9-19-16(18)15-10-13-6-4-5-7-14(13)11-17-15;/h12-15,17H,3-11H2,1-2H3;1H. The molecule has 1 aliphatic carbocycles. The smallest absolute Gasteiger partial charge is 0.323 e. The molecule has 4 heteroatoms. The van der Waals surface area contributed by atoms with Crippen LogP contribution in [0.2, 0.25) is 0 Å². The van der Waals surface area contributed by atoms with Gasteiger partial charge in [-0.15, -0.1) is 12.4 Å². The molecule has 2 fully saturated rings. The number of carbonyl (C=O) groups excluding carboxylic acids is 1. The molecule has 2 rings (SSSR count). The van der Waals surface area contributed by atoms with Crippen molar-refractivity contribution in [1.29, 1.82) is 0 Å². The van der Waals surface area contributed by atoms with Crippen LogP contribution in [-0.2, 0) is 9.53 Å². The summed E-state index contributed by atoms with van der Waals surface area (Å²) in [6.07, 6.45) is 8.50. The number of nitrogens with one attached hydrogen (secondary N) is 1. The average molecular weight is 304 g/mol. The topological polar surface area (TPSA) is 38.3 Å². The van der Waals surface area contributed by atoms with E-state index in [2.05, 4.69) is 19.2 Å². The van der Waals surface area contributed by atoms with Crippen LogP contribution < -0.4 is 5.32 Å². The second-order valence-corrected chi connectivity index (χ2v) is 6.47. The van der Waals surface area contributed by atoms with E-state index in [-0.39, 0.29) is 24.4 Å². The van der Waals surface area contributed by atoms with Crippen molar-refractivity contribution in [3.05, 3.63) is 0 Å². The molecular weight excluding hydrogens is 274 g/mol. The molecule has 3 nitrogen and oxygen atoms in total. The van der Waals surface area contributed by atoms with E-state index in [1.165, 1.54) is 25.7 Å². The van der Waals surface area contributed by atoms with Crippen LogP contribution in [0.4, 0.5) is 0 Å². The Bertz CT molecular complexity index is 298. The lowest BCUT2D eigenvalue weighted by Crippen LogP contribution is -2.49. The zero-order valence-electron chi connectivity index (χ0n) is 12.9. The summed E-state index contributed by atoms with van der Waals surface area (Å²) in [5.74, 6) is 2.18. The van der Waals surface area contributed by atoms with Crippen LogP contribution in [0, 0.1) is 17.8 Å². The molecule has 0 spiro atoms. The van der Waals surface area contributed by atoms with E-state index in [0.29, 0.717) is 12.5 Å². The molecule has 4 unspecified atom stereocenters. The zero-order chi connectivity index (χ0) is 13.7. The molecular formula is C16H30ClNO2. The van der Waals surface area contributed by atoms with Gasteiger partial charge in [0.1, 0.15) is 6.04 Å². The summed E-state index contributed by atoms with van der Waals surface area (Å²) in [6.45, 7) is 5.98. The van der Waals surface area contributed by atoms with Gasteiger partial charge in [-0.25, -0.2) is 0 Å². The third-order valence-electron chi connectivity index (χ3n) is 5.07. The van der Waals surface area contributed by atoms with Gasteiger partial charge < -0.3 is 10.1 Å². The Hall–Kier alpha value is -0.280. The Morgan fingerprint density at radius 3 is 2.70 bits per heavy atom. The van der Waals surface area contributed by atoms with Crippen molar-refractivity contribution in [2.75, 3.05) is 13.2 Å². The Labute approximate surface area is 129 Å². The molecule has 20 heavy (non-hydrogen) atoms. The lowest BCUT2D eigenvalue weighted by molar-refractivity contribution is -0.148. The van der Waals surface area contributed by atoms with Crippen LogP contribution in [0.3, 0.4) is 0 Å². The minimum Gasteiger partial charge on any atom is -0.465 e. The average Bonchev–Trinajstić information content (AvgIpc) is 2.46. The van der Waals surface area contributed by atoms with Gasteiger partial charge in [-0.05, 0) is 43.6 Å². The van der Waals surface area contributed by atoms with Gasteiger partial charge in [0.15, 0.2) is 0 Å². The van der Waals surface area contributed by atoms with Gasteiger partial charge in [-0.2, -0.15) is 0 Å². The Morgan fingerprint density at radius 1 is 1.30 bits per heavy atom. The number of hydrogen-bond donors (Lipinski definition) is 1. The van der Waals surface area contributed by atoms with Crippen LogP contribution in [-0.4, -0.2) is 25.2 Å². The number of esters is 1. The fourth-order valence-corrected chi connectivity index (χ4v) is 3.39. The van der Waals surface area contributed by atoms with Gasteiger partial charge in [-0.3, -0.25) is 4.79 Å². The first-order chi connectivity index (χ1) is 9.20. The largest absolute Gasteiger partial charge is 0.465 e. The maximum absolute atomic E-state index is 12.1. The predicted octanol–water partition coefficient (Wildman–Crippen LogP) is 3.56. The Balaban J connectivity index is 0.00000200. The van der Waals surface area contributed by atoms with E-state index in [1.54, 1.807) is 0 Å². The first-order valence-corrected chi connectivity index (χ1v) is 8.10. The zero-order valence-corrected chi connectivity index (χ0v) is 13.7. The van der Waals surface area contributed by atoms with Crippen molar-refractivity contribution in [2.45, 2.75) is 64.8 Å². The highest BCUT2D eigenvalue weighted by Gasteiger charge is 2.35. The molecule has 0 aromatic heterocycles. The van der Waals surface area contributed by atoms with Gasteiger partial charge >= 0.3 is 5.97 Å². The van der Waals surface area contributed by atoms with Gasteiger partial charge in [0.05, 0.1) is 6.61 Å². The molecule has 2 aliphatic rings. The Morgan fingerprint density at radius 2 is 2.00 bits per heavy atom. The molecule has 0 aromatic carbocycles. The molecule has 0 amide bonds. The van der Waals surface area contributed by atoms with Gasteiger partial charge in [0, 0.05) is 0 Å². The highest BCUT2D eigenvalue weighted by Crippen LogP contribution is 2.35. The molecule has 1 N–H and O–H groups in total. The molecule has 1 heterocycles. The summed E-state index contributed by atoms with van der Waals surface area (Å²) >= 11 is 0. The van der Waals surface area contributed by atoms with E-state index in [4.69, 9.17) is 4.74 Å². The minimum atomic E-state index is -0.0451. The lowest BCUT2D eigenvalue weighted by atomic mass is 9.74. The quantitative estimate of drug-likeness (QED) is 0.789. The van der Waals surface area contributed by atoms with Crippen molar-refractivity contribution in [3.63, 3.8) is 0 Å². The summed E-state index contributed by atoms with van der Waals surface area (Å²) in [5, 5.41) is 3.40. The van der Waals surface area contributed by atoms with Crippen LogP contribution >= 0.6 is 12.4 Å². The lowest BCUT2D eigenvalue weighted by Gasteiger charge is -2.39. The summed E-state index contributed by atoms with van der Waals surface area (Å²) in [6, 6.07) is -0.0451. The Kier molecular flexibility index (Phi) is 7.90. The fraction of sp³-hybridized carbons (Fsp3) is 0.938. The summed E-state index contributed by atoms with van der Waals surface area (Å²) in [5.41, 5.74) is 0. The predicted molar refractivity (Wildman–Crippen MR) is 84.1 cm³/mol. The summed E-state index contributed by atoms with van der Waals surface area (Å²) in [4.78, 5) is 12.1. The van der Waals surface area contributed by atoms with Gasteiger partial charge in [-0.1, -0.05) is 39.5 Å². The molecule has 0 radical (unpaired) electrons. The maximum atomic E-state index is 12.1. The first kappa shape index (κ1) is 17.8. The van der Waals surface area contributed by atoms with Crippen LogP contribution in [0.5, 0.6) is 0 Å². The van der Waals surface area contributed by atoms with Crippen LogP contribution in [0.25, 0.3) is 0 Å². The fourth-order valence-electron chi connectivity index (χ4n) is 3.39. The third-order valence-corrected chi connectivity index (χ3v) is 5.07. The number of ether oxygens (including phenoxy) is 1. The monoisotopic (exact) mass is 303 g/mol. The van der Waals surface area contributed by atoms with Gasteiger partial charge in [0.2, 0.25) is 0 Å². The van der Waals surface area contributed by atoms with E-state index < -0.39 is 0 Å². The molecule has 1 saturated heterocycles. The second kappa shape index (κ2) is 8.89. The van der Waals surface area contributed by atoms with Crippen LogP contribution in [0.1, 0.15) is 58.8 Å². The normalized spacial score (nSPS) is 30.8. The molecule has 1 aliphatic heterocycles. The second-order valence-electron chi connectivity index (χ2n) is 6.47. The summed E-state index contributed by atoms with van der Waals surface area (Å²) < 4.78 is 5.43. The van der Waals surface area contributed by atoms with E-state index >= 15 is 0 Å². The van der Waals surface area contributed by atoms with Crippen molar-refractivity contribution in [1.82, 2.24) is 5.32 Å². The number of piperidine rings is 1. The van der Waals surface area contributed by atoms with Crippen molar-refractivity contribution in [2.24, 2.45) is 17.8 Å². The van der Waals surface area contributed by atoms with Crippen LogP contribution in [0.15, 0.2) is 0 Å². The summed E-state index contributed by atoms with van der Waals surface area (Å²) in [7, 11) is 0. The number of fused-ring (bicyclic) bond motifs is 1. The molecule has 0 bridgehead atoms. The highest BCUT2D eigenvalue weighted by atomic mass is 35.5. The molecule has 118 valence electrons. The maximum Gasteiger partial charge on any atom is 0.323 e. The van der Waals surface area contributed by atoms with Gasteiger partial charge in [0.25, 0.3) is 0 Å². The van der Waals surface area contributed by atoms with Crippen molar-refractivity contribution >= 4 is 18.4 Å². The SMILES string of the molecule is CCC(C)CCOC(=O)C1CC2CCCCC2CN1.Cl. The molecule has 1 saturated carbocycles. The number of hydrogen-bond acceptors (Lipinski definition) is 3. The van der Waals surface area contributed by atoms with Crippen molar-refractivity contribution in [3.8, 4) is 0 Å². The number of rotatable bonds is 5. The first-order valence-electron chi connectivity index (χ1n) is 8.10. The minimum absolute atomic E-state index is 0. The number of carbonyl (C=O) groups is 1. The third kappa shape index (κ3) is 4.92. The number of halogens is 1. The molecule has 4 atom stereocenters. The van der Waals surface area contributed by atoms with E-state index in [9.17, 15) is 4.79 Å². The van der Waals surface area contributed by atoms with E-state index in [1.807, 2.05) is 0 Å².